The topological polar surface area (TPSA) is 67.9 Å². The van der Waals surface area contributed by atoms with Gasteiger partial charge in [-0.2, -0.15) is 0 Å². The Balaban J connectivity index is 2.18. The predicted octanol–water partition coefficient (Wildman–Crippen LogP) is 2.85. The number of methoxy groups -OCH3 is 1. The molecular formula is C22H28N2O4. The lowest BCUT2D eigenvalue weighted by Gasteiger charge is -2.28. The van der Waals surface area contributed by atoms with Gasteiger partial charge in [-0.25, -0.2) is 0 Å². The fraction of sp³-hybridized carbons (Fsp3) is 0.364. The number of rotatable bonds is 8. The van der Waals surface area contributed by atoms with Crippen LogP contribution in [0.2, 0.25) is 0 Å². The number of nitrogens with one attached hydrogen (secondary N) is 1. The van der Waals surface area contributed by atoms with Gasteiger partial charge >= 0.3 is 0 Å². The van der Waals surface area contributed by atoms with Crippen LogP contribution in [0.15, 0.2) is 42.5 Å². The van der Waals surface area contributed by atoms with Crippen LogP contribution in [0.5, 0.6) is 11.5 Å². The Bertz CT molecular complexity index is 835. The Kier molecular flexibility index (Phi) is 7.44. The van der Waals surface area contributed by atoms with Crippen molar-refractivity contribution in [2.75, 3.05) is 20.8 Å². The van der Waals surface area contributed by atoms with Gasteiger partial charge in [0.1, 0.15) is 17.5 Å². The van der Waals surface area contributed by atoms with Crippen LogP contribution >= 0.6 is 0 Å². The lowest BCUT2D eigenvalue weighted by molar-refractivity contribution is -0.142. The zero-order valence-electron chi connectivity index (χ0n) is 17.1. The number of hydrogen-bond acceptors (Lipinski definition) is 4. The van der Waals surface area contributed by atoms with Crippen LogP contribution in [-0.2, 0) is 16.1 Å². The molecule has 0 unspecified atom stereocenters. The van der Waals surface area contributed by atoms with Crippen LogP contribution in [-0.4, -0.2) is 43.5 Å². The molecular weight excluding hydrogens is 356 g/mol. The standard InChI is InChI=1S/C22H28N2O4/c1-15-9-10-16(2)20(11-15)28-14-21(25)24(17(3)22(26)23-4)13-18-7-6-8-19(12-18)27-5/h6-12,17H,13-14H2,1-5H3,(H,23,26)/t17-/m1/s1. The molecule has 0 saturated carbocycles. The van der Waals surface area contributed by atoms with Crippen LogP contribution in [0.25, 0.3) is 0 Å². The second kappa shape index (κ2) is 9.78. The third kappa shape index (κ3) is 5.49. The first-order valence-electron chi connectivity index (χ1n) is 9.19. The molecule has 2 aromatic rings. The Morgan fingerprint density at radius 2 is 1.89 bits per heavy atom. The Labute approximate surface area is 166 Å². The number of aryl methyl sites for hydroxylation is 2. The summed E-state index contributed by atoms with van der Waals surface area (Å²) in [6, 6.07) is 12.6. The molecule has 0 aliphatic heterocycles. The molecule has 0 heterocycles. The van der Waals surface area contributed by atoms with Crippen molar-refractivity contribution in [1.82, 2.24) is 10.2 Å². The van der Waals surface area contributed by atoms with Crippen LogP contribution < -0.4 is 14.8 Å². The first kappa shape index (κ1) is 21.3. The molecule has 0 saturated heterocycles. The van der Waals surface area contributed by atoms with Crippen molar-refractivity contribution in [3.05, 3.63) is 59.2 Å². The largest absolute Gasteiger partial charge is 0.497 e. The first-order valence-corrected chi connectivity index (χ1v) is 9.19. The molecule has 1 N–H and O–H groups in total. The maximum atomic E-state index is 12.9. The molecule has 1 atom stereocenters. The summed E-state index contributed by atoms with van der Waals surface area (Å²) in [4.78, 5) is 26.6. The van der Waals surface area contributed by atoms with Crippen LogP contribution in [0.3, 0.4) is 0 Å². The van der Waals surface area contributed by atoms with E-state index in [2.05, 4.69) is 5.32 Å². The van der Waals surface area contributed by atoms with Crippen molar-refractivity contribution in [3.63, 3.8) is 0 Å². The maximum absolute atomic E-state index is 12.9. The number of hydrogen-bond donors (Lipinski definition) is 1. The van der Waals surface area contributed by atoms with Crippen molar-refractivity contribution in [2.45, 2.75) is 33.4 Å². The first-order chi connectivity index (χ1) is 13.3. The third-order valence-corrected chi connectivity index (χ3v) is 4.60. The Hall–Kier alpha value is -3.02. The van der Waals surface area contributed by atoms with Gasteiger partial charge in [-0.3, -0.25) is 9.59 Å². The number of carbonyl (C=O) groups is 2. The summed E-state index contributed by atoms with van der Waals surface area (Å²) in [6.45, 7) is 5.74. The lowest BCUT2D eigenvalue weighted by Crippen LogP contribution is -2.48. The van der Waals surface area contributed by atoms with Crippen molar-refractivity contribution in [1.29, 1.82) is 0 Å². The summed E-state index contributed by atoms with van der Waals surface area (Å²) in [5.41, 5.74) is 2.88. The van der Waals surface area contributed by atoms with Crippen LogP contribution in [0, 0.1) is 13.8 Å². The lowest BCUT2D eigenvalue weighted by atomic mass is 10.1. The second-order valence-corrected chi connectivity index (χ2v) is 6.72. The average Bonchev–Trinajstić information content (AvgIpc) is 2.71. The van der Waals surface area contributed by atoms with E-state index < -0.39 is 6.04 Å². The zero-order chi connectivity index (χ0) is 20.7. The van der Waals surface area contributed by atoms with Crippen molar-refractivity contribution in [3.8, 4) is 11.5 Å². The number of likely N-dealkylation sites (N-methyl/N-ethyl adjacent to an activating group) is 1. The normalized spacial score (nSPS) is 11.5. The van der Waals surface area contributed by atoms with Gasteiger partial charge in [-0.1, -0.05) is 24.3 Å². The molecule has 0 aliphatic carbocycles. The summed E-state index contributed by atoms with van der Waals surface area (Å²) >= 11 is 0. The maximum Gasteiger partial charge on any atom is 0.261 e. The van der Waals surface area contributed by atoms with E-state index in [0.717, 1.165) is 16.7 Å². The van der Waals surface area contributed by atoms with Gasteiger partial charge in [0.25, 0.3) is 5.91 Å². The second-order valence-electron chi connectivity index (χ2n) is 6.72. The number of ether oxygens (including phenoxy) is 2. The van der Waals surface area contributed by atoms with E-state index in [4.69, 9.17) is 9.47 Å². The molecule has 6 nitrogen and oxygen atoms in total. The average molecular weight is 384 g/mol. The summed E-state index contributed by atoms with van der Waals surface area (Å²) in [7, 11) is 3.15. The molecule has 2 amide bonds. The highest BCUT2D eigenvalue weighted by molar-refractivity contribution is 5.87. The highest BCUT2D eigenvalue weighted by Gasteiger charge is 2.26. The molecule has 0 radical (unpaired) electrons. The Morgan fingerprint density at radius 1 is 1.14 bits per heavy atom. The van der Waals surface area contributed by atoms with E-state index >= 15 is 0 Å². The number of benzene rings is 2. The highest BCUT2D eigenvalue weighted by Crippen LogP contribution is 2.20. The van der Waals surface area contributed by atoms with Gasteiger partial charge in [0, 0.05) is 13.6 Å². The van der Waals surface area contributed by atoms with E-state index in [1.54, 1.807) is 21.1 Å². The minimum atomic E-state index is -0.633. The predicted molar refractivity (Wildman–Crippen MR) is 108 cm³/mol. The highest BCUT2D eigenvalue weighted by atomic mass is 16.5. The van der Waals surface area contributed by atoms with Gasteiger partial charge in [-0.05, 0) is 55.7 Å². The van der Waals surface area contributed by atoms with E-state index in [-0.39, 0.29) is 25.0 Å². The van der Waals surface area contributed by atoms with Crippen LogP contribution in [0.4, 0.5) is 0 Å². The molecule has 28 heavy (non-hydrogen) atoms. The third-order valence-electron chi connectivity index (χ3n) is 4.60. The number of nitrogens with zero attached hydrogens (tertiary/aromatic N) is 1. The fourth-order valence-corrected chi connectivity index (χ4v) is 2.84. The Morgan fingerprint density at radius 3 is 2.57 bits per heavy atom. The van der Waals surface area contributed by atoms with Gasteiger partial charge < -0.3 is 19.7 Å². The van der Waals surface area contributed by atoms with E-state index in [1.165, 1.54) is 4.90 Å². The van der Waals surface area contributed by atoms with Gasteiger partial charge in [0.2, 0.25) is 5.91 Å². The molecule has 0 bridgehead atoms. The van der Waals surface area contributed by atoms with E-state index in [0.29, 0.717) is 11.5 Å². The molecule has 2 rings (SSSR count). The minimum Gasteiger partial charge on any atom is -0.497 e. The van der Waals surface area contributed by atoms with Gasteiger partial charge in [0.05, 0.1) is 7.11 Å². The minimum absolute atomic E-state index is 0.143. The summed E-state index contributed by atoms with van der Waals surface area (Å²) in [6.07, 6.45) is 0. The number of amides is 2. The quantitative estimate of drug-likeness (QED) is 0.760. The monoisotopic (exact) mass is 384 g/mol. The van der Waals surface area contributed by atoms with Gasteiger partial charge in [0.15, 0.2) is 6.61 Å². The summed E-state index contributed by atoms with van der Waals surface area (Å²) < 4.78 is 11.0. The molecule has 2 aromatic carbocycles. The van der Waals surface area contributed by atoms with Crippen molar-refractivity contribution < 1.29 is 19.1 Å². The molecule has 0 fully saturated rings. The van der Waals surface area contributed by atoms with Crippen LogP contribution in [0.1, 0.15) is 23.6 Å². The number of carbonyl (C=O) groups excluding carboxylic acids is 2. The smallest absolute Gasteiger partial charge is 0.261 e. The summed E-state index contributed by atoms with van der Waals surface area (Å²) in [5.74, 6) is 0.870. The molecule has 150 valence electrons. The van der Waals surface area contributed by atoms with E-state index in [1.807, 2.05) is 56.3 Å². The van der Waals surface area contributed by atoms with Gasteiger partial charge in [-0.15, -0.1) is 0 Å². The molecule has 0 spiro atoms. The van der Waals surface area contributed by atoms with Crippen molar-refractivity contribution >= 4 is 11.8 Å². The molecule has 6 heteroatoms. The summed E-state index contributed by atoms with van der Waals surface area (Å²) in [5, 5.41) is 2.60. The van der Waals surface area contributed by atoms with E-state index in [9.17, 15) is 9.59 Å². The SMILES string of the molecule is CNC(=O)[C@@H](C)N(Cc1cccc(OC)c1)C(=O)COc1cc(C)ccc1C. The molecule has 0 aromatic heterocycles. The molecule has 0 aliphatic rings. The zero-order valence-corrected chi connectivity index (χ0v) is 17.1. The fourth-order valence-electron chi connectivity index (χ4n) is 2.84. The van der Waals surface area contributed by atoms with Crippen molar-refractivity contribution in [2.24, 2.45) is 0 Å².